The lowest BCUT2D eigenvalue weighted by Crippen LogP contribution is -2.60. The number of aromatic amines is 1. The maximum atomic E-state index is 15.1. The maximum Gasteiger partial charge on any atom is 0.327 e. The first-order valence-electron chi connectivity index (χ1n) is 42.0. The van der Waals surface area contributed by atoms with E-state index in [4.69, 9.17) is 10.8 Å². The summed E-state index contributed by atoms with van der Waals surface area (Å²) in [6, 6.07) is -11.9. The Balaban J connectivity index is 2.23. The number of benzene rings is 1. The molecule has 0 radical (unpaired) electrons. The Hall–Kier alpha value is -11.9. The van der Waals surface area contributed by atoms with Gasteiger partial charge in [0.25, 0.3) is 11.5 Å². The molecule has 0 saturated heterocycles. The number of hydrogen-bond donors (Lipinski definition) is 39. The van der Waals surface area contributed by atoms with Gasteiger partial charge < -0.3 is 197 Å². The number of aliphatic hydroxyl groups excluding tert-OH is 20. The van der Waals surface area contributed by atoms with Gasteiger partial charge in [0, 0.05) is 88.1 Å². The second-order valence-electron chi connectivity index (χ2n) is 31.0. The molecule has 0 aliphatic rings. The largest absolute Gasteiger partial charge is 0.481 e. The van der Waals surface area contributed by atoms with Gasteiger partial charge in [-0.2, -0.15) is 16.7 Å². The molecule has 0 unspecified atom stereocenters. The number of carboxylic acids is 4. The van der Waals surface area contributed by atoms with Crippen molar-refractivity contribution in [2.24, 2.45) is 0 Å². The third kappa shape index (κ3) is 41.9. The van der Waals surface area contributed by atoms with Crippen molar-refractivity contribution in [1.29, 1.82) is 0 Å². The van der Waals surface area contributed by atoms with Crippen molar-refractivity contribution in [3.05, 3.63) is 52.1 Å². The highest BCUT2D eigenvalue weighted by molar-refractivity contribution is 7.98. The van der Waals surface area contributed by atoms with Gasteiger partial charge in [0.2, 0.25) is 70.9 Å². The summed E-state index contributed by atoms with van der Waals surface area (Å²) in [5.74, 6) is -23.9. The molecule has 0 aliphatic heterocycles. The summed E-state index contributed by atoms with van der Waals surface area (Å²) in [7, 11) is 0. The smallest absolute Gasteiger partial charge is 0.327 e. The summed E-state index contributed by atoms with van der Waals surface area (Å²) < 4.78 is 0. The first kappa shape index (κ1) is 119. The first-order chi connectivity index (χ1) is 64.4. The first-order valence-corrected chi connectivity index (χ1v) is 43.4. The van der Waals surface area contributed by atoms with Crippen LogP contribution in [0.3, 0.4) is 0 Å². The van der Waals surface area contributed by atoms with Crippen LogP contribution in [0.15, 0.2) is 35.3 Å². The van der Waals surface area contributed by atoms with E-state index in [1.165, 1.54) is 36.7 Å². The van der Waals surface area contributed by atoms with Crippen LogP contribution < -0.4 is 80.4 Å². The summed E-state index contributed by atoms with van der Waals surface area (Å²) >= 11 is 0.889. The molecule has 0 spiro atoms. The highest BCUT2D eigenvalue weighted by Crippen LogP contribution is 2.18. The average Bonchev–Trinajstić information content (AvgIpc) is 0.807. The minimum atomic E-state index is -2.39. The van der Waals surface area contributed by atoms with Crippen LogP contribution in [0.2, 0.25) is 0 Å². The SMILES string of the molecule is CSC[C@H](NC(=O)[C@H](CCC(=O)NC[C@H](O)[C@@H](O)[C@H](O)[C@H](O)CO)NC(=O)[C@H](CCC(=O)O)NC(=O)[C@H](CCC(=O)NC[C@H](O)[C@@H](O)[C@H](O)[C@H](O)CO)NC(=O)[C@H](CCC(=O)NC[C@H](O)[C@@H](O)[C@H](O)[C@H](O)CO)NC(=O)[C@H](CCC(=O)O)NC(=O)[C@H](CCC(=O)NC[C@H](O)[C@@H](O)[C@H](O)[C@H](O)CO)NC(=O)CC[C@H](NC(=O)c1ccc(NCc2cnc3nc(N)[nH]c(=O)c3n2)cc1)C(=O)O)C(=O)O. The van der Waals surface area contributed by atoms with Crippen molar-refractivity contribution >= 4 is 129 Å². The molecule has 1 aromatic carbocycles. The van der Waals surface area contributed by atoms with Crippen LogP contribution in [0.1, 0.15) is 106 Å². The molecule has 3 aromatic rings. The molecule has 60 heteroatoms. The molecule has 2 aromatic heterocycles. The van der Waals surface area contributed by atoms with Crippen LogP contribution in [0, 0.1) is 0 Å². The Labute approximate surface area is 779 Å². The van der Waals surface area contributed by atoms with Gasteiger partial charge in [-0.15, -0.1) is 0 Å². The second kappa shape index (κ2) is 60.6. The van der Waals surface area contributed by atoms with Gasteiger partial charge in [0.15, 0.2) is 11.2 Å². The normalized spacial score (nSPS) is 16.7. The van der Waals surface area contributed by atoms with Crippen LogP contribution in [-0.2, 0) is 78.5 Å². The van der Waals surface area contributed by atoms with E-state index in [1.54, 1.807) is 0 Å². The number of hydrogen-bond acceptors (Lipinski definition) is 43. The van der Waals surface area contributed by atoms with Crippen molar-refractivity contribution < 1.29 is 199 Å². The number of nitrogens with two attached hydrogens (primary N) is 1. The predicted octanol–water partition coefficient (Wildman–Crippen LogP) is -18.2. The molecular formula is C77H120N18O41S. The third-order valence-electron chi connectivity index (χ3n) is 20.4. The number of H-pyrrole nitrogens is 1. The molecule has 0 saturated carbocycles. The van der Waals surface area contributed by atoms with Gasteiger partial charge in [0.05, 0.1) is 69.3 Å². The summed E-state index contributed by atoms with van der Waals surface area (Å²) in [5.41, 5.74) is 5.22. The fourth-order valence-corrected chi connectivity index (χ4v) is 12.8. The van der Waals surface area contributed by atoms with Crippen LogP contribution in [0.4, 0.5) is 11.6 Å². The van der Waals surface area contributed by atoms with Gasteiger partial charge in [0.1, 0.15) is 122 Å². The maximum absolute atomic E-state index is 15.1. The average molecular weight is 1990 g/mol. The number of amides is 12. The van der Waals surface area contributed by atoms with Gasteiger partial charge >= 0.3 is 23.9 Å². The van der Waals surface area contributed by atoms with Crippen LogP contribution in [-0.4, -0.2) is 448 Å². The predicted molar refractivity (Wildman–Crippen MR) is 461 cm³/mol. The minimum Gasteiger partial charge on any atom is -0.481 e. The summed E-state index contributed by atoms with van der Waals surface area (Å²) in [6.45, 7) is -8.44. The number of aliphatic hydroxyl groups is 20. The molecular weight excluding hydrogens is 1860 g/mol. The van der Waals surface area contributed by atoms with Crippen molar-refractivity contribution in [2.75, 3.05) is 75.7 Å². The lowest BCUT2D eigenvalue weighted by Gasteiger charge is -2.28. The number of nitrogens with one attached hydrogen (secondary N) is 14. The standard InChI is InChI=1S/C77H120N18O41S/c1-137-30-41(76(135)136)93-73(131)37(9-16-53(111)83-25-45(103)61(120)65(124)49(107)29-99)89-72(130)39(12-19-56(115)116)91-70(128)36(8-15-52(110)82-24-44(102)60(119)64(123)48(106)28-98)87-69(127)35(7-14-51(109)81-23-43(101)59(118)63(122)47(105)27-97)88-71(129)38(11-18-55(113)114)90-68(126)34(6-13-50(108)80-22-42(100)58(117)62(121)46(104)26-96)86-54(112)17-10-40(75(133)134)92-67(125)31-2-4-32(5-3-31)79-20-33-21-84-66-57(85-33)74(132)95-77(78)94-66/h2-5,21,34-49,58-65,79,96-107,117-124H,6-20,22-30H2,1H3,(H,80,108)(H,81,109)(H,82,110)(H,83,111)(H,86,112)(H,87,127)(H,88,129)(H,89,130)(H,90,126)(H,91,128)(H,92,125)(H,93,131)(H,113,114)(H,115,116)(H,133,134)(H,135,136)(H3,78,84,94,95,132)/t34-,35-,36-,37-,38-,39-,40-,41-,42-,43-,44-,45-,46+,47+,48+,49+,58+,59+,60+,61+,62+,63+,64+,65+/m0/s1. The third-order valence-corrected chi connectivity index (χ3v) is 21.1. The quantitative estimate of drug-likeness (QED) is 0.0249. The van der Waals surface area contributed by atoms with Gasteiger partial charge in [-0.3, -0.25) is 76.9 Å². The topological polar surface area (TPSA) is 1010 Å². The van der Waals surface area contributed by atoms with Crippen molar-refractivity contribution in [2.45, 2.75) is 242 Å². The molecule has 3 rings (SSSR count). The number of aliphatic carboxylic acids is 4. The molecule has 12 amide bonds. The highest BCUT2D eigenvalue weighted by Gasteiger charge is 2.40. The van der Waals surface area contributed by atoms with E-state index in [1.807, 2.05) is 0 Å². The number of nitrogens with zero attached hydrogens (tertiary/aromatic N) is 3. The Morgan fingerprint density at radius 3 is 0.949 bits per heavy atom. The van der Waals surface area contributed by atoms with E-state index in [9.17, 15) is 194 Å². The number of anilines is 2. The van der Waals surface area contributed by atoms with Crippen molar-refractivity contribution in [3.8, 4) is 0 Å². The van der Waals surface area contributed by atoms with Gasteiger partial charge in [-0.1, -0.05) is 0 Å². The second-order valence-corrected chi connectivity index (χ2v) is 31.9. The lowest BCUT2D eigenvalue weighted by molar-refractivity contribution is -0.142. The fraction of sp³-hybridized carbons (Fsp3) is 0.636. The van der Waals surface area contributed by atoms with Crippen LogP contribution >= 0.6 is 11.8 Å². The zero-order chi connectivity index (χ0) is 103. The van der Waals surface area contributed by atoms with E-state index in [0.717, 1.165) is 11.8 Å². The Kier molecular flexibility index (Phi) is 52.8. The number of rotatable bonds is 67. The molecule has 0 fully saturated rings. The number of fused-ring (bicyclic) bond motifs is 1. The molecule has 59 nitrogen and oxygen atoms in total. The molecule has 24 atom stereocenters. The summed E-state index contributed by atoms with van der Waals surface area (Å²) in [5, 5.41) is 269. The Morgan fingerprint density at radius 2 is 0.650 bits per heavy atom. The summed E-state index contributed by atoms with van der Waals surface area (Å²) in [4.78, 5) is 246. The minimum absolute atomic E-state index is 0.0260. The summed E-state index contributed by atoms with van der Waals surface area (Å²) in [6.07, 6.45) is -45.7. The van der Waals surface area contributed by atoms with Crippen LogP contribution in [0.5, 0.6) is 0 Å². The fourth-order valence-electron chi connectivity index (χ4n) is 12.2. The monoisotopic (exact) mass is 1980 g/mol. The number of carbonyl (C=O) groups excluding carboxylic acids is 12. The molecule has 2 heterocycles. The number of aromatic nitrogens is 4. The van der Waals surface area contributed by atoms with Gasteiger partial charge in [-0.05, 0) is 75.5 Å². The lowest BCUT2D eigenvalue weighted by atomic mass is 10.0. The number of thioether (sulfide) groups is 1. The molecule has 137 heavy (non-hydrogen) atoms. The van der Waals surface area contributed by atoms with E-state index in [2.05, 4.69) is 89.1 Å². The molecule has 0 bridgehead atoms. The molecule has 770 valence electrons. The molecule has 40 N–H and O–H groups in total. The molecule has 0 aliphatic carbocycles. The number of carbonyl (C=O) groups is 16. The highest BCUT2D eigenvalue weighted by atomic mass is 32.2. The van der Waals surface area contributed by atoms with Crippen molar-refractivity contribution in [1.82, 2.24) is 83.7 Å². The zero-order valence-corrected chi connectivity index (χ0v) is 74.0. The van der Waals surface area contributed by atoms with Crippen molar-refractivity contribution in [3.63, 3.8) is 0 Å². The van der Waals surface area contributed by atoms with E-state index >= 15 is 4.79 Å². The van der Waals surface area contributed by atoms with Gasteiger partial charge in [-0.25, -0.2) is 19.6 Å². The Bertz CT molecular complexity index is 4540. The van der Waals surface area contributed by atoms with E-state index < -0.39 is 389 Å². The van der Waals surface area contributed by atoms with E-state index in [0.29, 0.717) is 5.69 Å². The number of nitrogen functional groups attached to an aromatic ring is 1. The Morgan fingerprint density at radius 1 is 0.365 bits per heavy atom. The van der Waals surface area contributed by atoms with Crippen LogP contribution in [0.25, 0.3) is 11.2 Å². The number of carboxylic acid groups (broad SMARTS) is 4. The zero-order valence-electron chi connectivity index (χ0n) is 73.2. The van der Waals surface area contributed by atoms with E-state index in [-0.39, 0.29) is 40.7 Å².